The van der Waals surface area contributed by atoms with Gasteiger partial charge in [-0.3, -0.25) is 4.79 Å². The summed E-state index contributed by atoms with van der Waals surface area (Å²) in [7, 11) is 0. The average Bonchev–Trinajstić information content (AvgIpc) is 2.41. The van der Waals surface area contributed by atoms with Crippen molar-refractivity contribution in [2.75, 3.05) is 6.54 Å². The zero-order chi connectivity index (χ0) is 7.84. The largest absolute Gasteiger partial charge is 0.368 e. The summed E-state index contributed by atoms with van der Waals surface area (Å²) in [5.74, 6) is 0.134. The molecule has 0 aromatic rings. The Morgan fingerprint density at radius 3 is 3.27 bits per heavy atom. The molecule has 3 N–H and O–H groups in total. The van der Waals surface area contributed by atoms with Gasteiger partial charge in [-0.25, -0.2) is 0 Å². The van der Waals surface area contributed by atoms with Crippen molar-refractivity contribution in [1.82, 2.24) is 5.32 Å². The molecule has 2 aliphatic rings. The van der Waals surface area contributed by atoms with Crippen LogP contribution < -0.4 is 11.1 Å². The minimum absolute atomic E-state index is 0.227. The lowest BCUT2D eigenvalue weighted by molar-refractivity contribution is -0.118. The zero-order valence-electron chi connectivity index (χ0n) is 6.08. The van der Waals surface area contributed by atoms with E-state index >= 15 is 0 Å². The Balaban J connectivity index is 2.23. The number of fused-ring (bicyclic) bond motifs is 1. The molecule has 0 aromatic heterocycles. The molecule has 3 nitrogen and oxygen atoms in total. The fraction of sp³-hybridized carbons (Fsp3) is 0.375. The molecule has 58 valence electrons. The van der Waals surface area contributed by atoms with Crippen LogP contribution in [-0.4, -0.2) is 18.5 Å². The minimum Gasteiger partial charge on any atom is -0.368 e. The van der Waals surface area contributed by atoms with Gasteiger partial charge < -0.3 is 11.1 Å². The first-order chi connectivity index (χ1) is 5.29. The molecular formula is C8H10N2O. The summed E-state index contributed by atoms with van der Waals surface area (Å²) < 4.78 is 0. The molecule has 1 heterocycles. The molecule has 1 aliphatic heterocycles. The van der Waals surface area contributed by atoms with Crippen molar-refractivity contribution in [2.24, 2.45) is 11.7 Å². The molecule has 0 bridgehead atoms. The Bertz CT molecular complexity index is 255. The molecule has 0 spiro atoms. The van der Waals surface area contributed by atoms with Crippen molar-refractivity contribution < 1.29 is 4.79 Å². The highest BCUT2D eigenvalue weighted by Crippen LogP contribution is 2.26. The molecule has 2 unspecified atom stereocenters. The maximum absolute atomic E-state index is 10.8. The van der Waals surface area contributed by atoms with E-state index in [1.165, 1.54) is 0 Å². The maximum atomic E-state index is 10.8. The standard InChI is InChI=1S/C8H10N2O/c9-8(11)7-6-3-1-2-5(6)4-10-7/h1-3,5,7,10H,4H2,(H2,9,11). The molecule has 1 aliphatic carbocycles. The molecule has 0 saturated carbocycles. The second kappa shape index (κ2) is 2.20. The summed E-state index contributed by atoms with van der Waals surface area (Å²) in [6, 6.07) is -0.227. The number of rotatable bonds is 1. The molecule has 3 heteroatoms. The van der Waals surface area contributed by atoms with Gasteiger partial charge in [0.05, 0.1) is 0 Å². The fourth-order valence-electron chi connectivity index (χ4n) is 1.66. The van der Waals surface area contributed by atoms with Crippen LogP contribution in [0, 0.1) is 5.92 Å². The third-order valence-corrected chi connectivity index (χ3v) is 2.22. The first-order valence-electron chi connectivity index (χ1n) is 3.70. The normalized spacial score (nSPS) is 33.6. The summed E-state index contributed by atoms with van der Waals surface area (Å²) in [5, 5.41) is 3.06. The smallest absolute Gasteiger partial charge is 0.238 e. The number of nitrogens with two attached hydrogens (primary N) is 1. The van der Waals surface area contributed by atoms with E-state index in [0.29, 0.717) is 5.92 Å². The monoisotopic (exact) mass is 150 g/mol. The van der Waals surface area contributed by atoms with Crippen LogP contribution in [-0.2, 0) is 4.79 Å². The highest BCUT2D eigenvalue weighted by Gasteiger charge is 2.32. The molecular weight excluding hydrogens is 140 g/mol. The molecule has 2 atom stereocenters. The van der Waals surface area contributed by atoms with Gasteiger partial charge in [0.1, 0.15) is 6.04 Å². The van der Waals surface area contributed by atoms with Gasteiger partial charge >= 0.3 is 0 Å². The van der Waals surface area contributed by atoms with Crippen LogP contribution in [0.2, 0.25) is 0 Å². The van der Waals surface area contributed by atoms with Crippen LogP contribution in [0.5, 0.6) is 0 Å². The summed E-state index contributed by atoms with van der Waals surface area (Å²) in [6.45, 7) is 0.843. The quantitative estimate of drug-likeness (QED) is 0.532. The van der Waals surface area contributed by atoms with Crippen molar-refractivity contribution in [3.63, 3.8) is 0 Å². The Labute approximate surface area is 65.0 Å². The van der Waals surface area contributed by atoms with Gasteiger partial charge in [-0.2, -0.15) is 0 Å². The summed E-state index contributed by atoms with van der Waals surface area (Å²) in [5.41, 5.74) is 6.31. The predicted octanol–water partition coefficient (Wildman–Crippen LogP) is -0.444. The van der Waals surface area contributed by atoms with Crippen molar-refractivity contribution >= 4 is 5.91 Å². The van der Waals surface area contributed by atoms with Crippen LogP contribution in [0.3, 0.4) is 0 Å². The zero-order valence-corrected chi connectivity index (χ0v) is 6.08. The minimum atomic E-state index is -0.276. The fourth-order valence-corrected chi connectivity index (χ4v) is 1.66. The molecule has 1 saturated heterocycles. The van der Waals surface area contributed by atoms with E-state index in [0.717, 1.165) is 12.1 Å². The van der Waals surface area contributed by atoms with Crippen LogP contribution in [0.1, 0.15) is 0 Å². The highest BCUT2D eigenvalue weighted by atomic mass is 16.1. The first-order valence-corrected chi connectivity index (χ1v) is 3.70. The van der Waals surface area contributed by atoms with Crippen LogP contribution >= 0.6 is 0 Å². The molecule has 1 amide bonds. The van der Waals surface area contributed by atoms with Gasteiger partial charge in [-0.05, 0) is 5.57 Å². The highest BCUT2D eigenvalue weighted by molar-refractivity contribution is 5.84. The van der Waals surface area contributed by atoms with Gasteiger partial charge in [-0.15, -0.1) is 0 Å². The van der Waals surface area contributed by atoms with E-state index in [2.05, 4.69) is 11.4 Å². The number of hydrogen-bond donors (Lipinski definition) is 2. The number of carbonyl (C=O) groups excluding carboxylic acids is 1. The number of amides is 1. The topological polar surface area (TPSA) is 55.1 Å². The predicted molar refractivity (Wildman–Crippen MR) is 41.7 cm³/mol. The molecule has 2 rings (SSSR count). The maximum Gasteiger partial charge on any atom is 0.238 e. The van der Waals surface area contributed by atoms with E-state index in [1.54, 1.807) is 0 Å². The van der Waals surface area contributed by atoms with Gasteiger partial charge in [-0.1, -0.05) is 18.2 Å². The Morgan fingerprint density at radius 2 is 2.55 bits per heavy atom. The van der Waals surface area contributed by atoms with Crippen LogP contribution in [0.4, 0.5) is 0 Å². The number of primary amides is 1. The summed E-state index contributed by atoms with van der Waals surface area (Å²) >= 11 is 0. The lowest BCUT2D eigenvalue weighted by atomic mass is 10.0. The Hall–Kier alpha value is -1.09. The third kappa shape index (κ3) is 0.886. The van der Waals surface area contributed by atoms with Gasteiger partial charge in [0, 0.05) is 12.5 Å². The third-order valence-electron chi connectivity index (χ3n) is 2.22. The average molecular weight is 150 g/mol. The molecule has 1 fully saturated rings. The Morgan fingerprint density at radius 1 is 1.73 bits per heavy atom. The van der Waals surface area contributed by atoms with Gasteiger partial charge in [0.15, 0.2) is 0 Å². The van der Waals surface area contributed by atoms with Gasteiger partial charge in [0.25, 0.3) is 0 Å². The number of carbonyl (C=O) groups is 1. The first kappa shape index (κ1) is 6.61. The van der Waals surface area contributed by atoms with Crippen molar-refractivity contribution in [3.05, 3.63) is 23.8 Å². The van der Waals surface area contributed by atoms with E-state index in [4.69, 9.17) is 5.73 Å². The number of nitrogens with one attached hydrogen (secondary N) is 1. The van der Waals surface area contributed by atoms with E-state index in [1.807, 2.05) is 12.2 Å². The molecule has 0 aromatic carbocycles. The van der Waals surface area contributed by atoms with Crippen LogP contribution in [0.25, 0.3) is 0 Å². The van der Waals surface area contributed by atoms with Crippen LogP contribution in [0.15, 0.2) is 23.8 Å². The molecule has 11 heavy (non-hydrogen) atoms. The second-order valence-corrected chi connectivity index (χ2v) is 2.90. The second-order valence-electron chi connectivity index (χ2n) is 2.90. The van der Waals surface area contributed by atoms with Crippen molar-refractivity contribution in [1.29, 1.82) is 0 Å². The summed E-state index contributed by atoms with van der Waals surface area (Å²) in [4.78, 5) is 10.8. The van der Waals surface area contributed by atoms with Crippen molar-refractivity contribution in [2.45, 2.75) is 6.04 Å². The Kier molecular flexibility index (Phi) is 1.32. The lowest BCUT2D eigenvalue weighted by Crippen LogP contribution is -2.37. The number of hydrogen-bond acceptors (Lipinski definition) is 2. The summed E-state index contributed by atoms with van der Waals surface area (Å²) in [6.07, 6.45) is 6.04. The van der Waals surface area contributed by atoms with E-state index in [9.17, 15) is 4.79 Å². The van der Waals surface area contributed by atoms with E-state index in [-0.39, 0.29) is 11.9 Å². The molecule has 0 radical (unpaired) electrons. The van der Waals surface area contributed by atoms with E-state index < -0.39 is 0 Å². The van der Waals surface area contributed by atoms with Gasteiger partial charge in [0.2, 0.25) is 5.91 Å². The van der Waals surface area contributed by atoms with Crippen molar-refractivity contribution in [3.8, 4) is 0 Å². The SMILES string of the molecule is NC(=O)C1NCC2C=CC=C21. The number of allylic oxidation sites excluding steroid dienone is 2. The lowest BCUT2D eigenvalue weighted by Gasteiger charge is -2.06.